The van der Waals surface area contributed by atoms with Crippen molar-refractivity contribution in [1.29, 1.82) is 0 Å². The van der Waals surface area contributed by atoms with Gasteiger partial charge >= 0.3 is 0 Å². The van der Waals surface area contributed by atoms with E-state index in [0.717, 1.165) is 0 Å². The first kappa shape index (κ1) is 8.54. The van der Waals surface area contributed by atoms with Gasteiger partial charge in [0.25, 0.3) is 0 Å². The standard InChI is InChI=1S/C7H10N4O3/c1-8-4-3-14-6-5(4)10(12)11(13)7(6)9-2/h3,8,12-13H,1-2H3. The first-order valence-corrected chi connectivity index (χ1v) is 3.95. The lowest BCUT2D eigenvalue weighted by molar-refractivity contribution is -0.00966. The smallest absolute Gasteiger partial charge is 0.231 e. The zero-order valence-corrected chi connectivity index (χ0v) is 7.72. The molecule has 14 heavy (non-hydrogen) atoms. The summed E-state index contributed by atoms with van der Waals surface area (Å²) in [6, 6.07) is 0. The van der Waals surface area contributed by atoms with Gasteiger partial charge in [-0.3, -0.25) is 4.99 Å². The molecular weight excluding hydrogens is 188 g/mol. The Bertz CT molecular complexity index is 533. The Morgan fingerprint density at radius 1 is 1.43 bits per heavy atom. The van der Waals surface area contributed by atoms with Crippen LogP contribution in [0.15, 0.2) is 15.7 Å². The molecule has 76 valence electrons. The molecule has 0 aliphatic heterocycles. The molecule has 2 rings (SSSR count). The minimum absolute atomic E-state index is 0.156. The Kier molecular flexibility index (Phi) is 1.66. The van der Waals surface area contributed by atoms with Crippen LogP contribution in [0.3, 0.4) is 0 Å². The SMILES string of the molecule is CN=c1c2occ(NC)c2n(O)n1O. The molecule has 0 saturated heterocycles. The molecule has 0 aromatic carbocycles. The van der Waals surface area contributed by atoms with E-state index in [1.54, 1.807) is 7.05 Å². The molecule has 0 aliphatic rings. The van der Waals surface area contributed by atoms with Crippen LogP contribution in [0.25, 0.3) is 11.1 Å². The molecule has 0 spiro atoms. The third-order valence-electron chi connectivity index (χ3n) is 2.02. The van der Waals surface area contributed by atoms with E-state index in [-0.39, 0.29) is 5.49 Å². The van der Waals surface area contributed by atoms with E-state index in [2.05, 4.69) is 10.3 Å². The maximum absolute atomic E-state index is 9.48. The average molecular weight is 198 g/mol. The molecule has 0 fully saturated rings. The lowest BCUT2D eigenvalue weighted by Gasteiger charge is -1.98. The zero-order valence-electron chi connectivity index (χ0n) is 7.72. The van der Waals surface area contributed by atoms with E-state index in [1.165, 1.54) is 13.3 Å². The largest absolute Gasteiger partial charge is 0.456 e. The van der Waals surface area contributed by atoms with Crippen LogP contribution in [0.2, 0.25) is 0 Å². The van der Waals surface area contributed by atoms with Gasteiger partial charge in [0, 0.05) is 14.1 Å². The van der Waals surface area contributed by atoms with Crippen molar-refractivity contribution in [2.24, 2.45) is 4.99 Å². The van der Waals surface area contributed by atoms with Crippen LogP contribution in [0.1, 0.15) is 0 Å². The van der Waals surface area contributed by atoms with Crippen molar-refractivity contribution in [1.82, 2.24) is 9.69 Å². The van der Waals surface area contributed by atoms with Gasteiger partial charge in [-0.25, -0.2) is 0 Å². The van der Waals surface area contributed by atoms with E-state index in [4.69, 9.17) is 4.42 Å². The first-order chi connectivity index (χ1) is 6.70. The predicted molar refractivity (Wildman–Crippen MR) is 47.6 cm³/mol. The van der Waals surface area contributed by atoms with Gasteiger partial charge in [0.2, 0.25) is 11.1 Å². The minimum Gasteiger partial charge on any atom is -0.456 e. The fourth-order valence-electron chi connectivity index (χ4n) is 1.35. The Morgan fingerprint density at radius 3 is 2.71 bits per heavy atom. The molecule has 2 aromatic heterocycles. The van der Waals surface area contributed by atoms with E-state index in [1.807, 2.05) is 0 Å². The second kappa shape index (κ2) is 2.72. The average Bonchev–Trinajstić information content (AvgIpc) is 2.69. The van der Waals surface area contributed by atoms with Crippen LogP contribution < -0.4 is 10.8 Å². The summed E-state index contributed by atoms with van der Waals surface area (Å²) in [5, 5.41) is 21.7. The number of anilines is 1. The summed E-state index contributed by atoms with van der Waals surface area (Å²) in [7, 11) is 3.17. The molecule has 0 aliphatic carbocycles. The summed E-state index contributed by atoms with van der Waals surface area (Å²) in [6.07, 6.45) is 1.44. The van der Waals surface area contributed by atoms with Gasteiger partial charge in [-0.15, -0.1) is 0 Å². The lowest BCUT2D eigenvalue weighted by Crippen LogP contribution is -2.20. The highest BCUT2D eigenvalue weighted by Gasteiger charge is 2.17. The van der Waals surface area contributed by atoms with Crippen LogP contribution in [0.4, 0.5) is 5.69 Å². The van der Waals surface area contributed by atoms with Gasteiger partial charge in [-0.2, -0.15) is 0 Å². The van der Waals surface area contributed by atoms with Crippen molar-refractivity contribution in [2.75, 3.05) is 19.4 Å². The number of hydrogen-bond acceptors (Lipinski definition) is 5. The fraction of sp³-hybridized carbons (Fsp3) is 0.286. The molecule has 0 unspecified atom stereocenters. The Morgan fingerprint density at radius 2 is 2.14 bits per heavy atom. The second-order valence-electron chi connectivity index (χ2n) is 2.70. The van der Waals surface area contributed by atoms with E-state index >= 15 is 0 Å². The molecule has 0 radical (unpaired) electrons. The zero-order chi connectivity index (χ0) is 10.3. The number of nitrogens with zero attached hydrogens (tertiary/aromatic N) is 3. The number of aromatic nitrogens is 2. The van der Waals surface area contributed by atoms with Gasteiger partial charge in [0.1, 0.15) is 12.0 Å². The third kappa shape index (κ3) is 0.832. The highest BCUT2D eigenvalue weighted by atomic mass is 16.6. The van der Waals surface area contributed by atoms with Crippen molar-refractivity contribution >= 4 is 16.8 Å². The van der Waals surface area contributed by atoms with Gasteiger partial charge in [0.15, 0.2) is 5.52 Å². The molecule has 0 amide bonds. The topological polar surface area (TPSA) is 87.9 Å². The van der Waals surface area contributed by atoms with Crippen LogP contribution in [0, 0.1) is 0 Å². The van der Waals surface area contributed by atoms with Crippen LogP contribution in [0.5, 0.6) is 0 Å². The lowest BCUT2D eigenvalue weighted by atomic mass is 10.4. The van der Waals surface area contributed by atoms with Crippen LogP contribution in [-0.2, 0) is 0 Å². The van der Waals surface area contributed by atoms with E-state index in [9.17, 15) is 10.4 Å². The minimum atomic E-state index is 0.156. The Hall–Kier alpha value is -2.05. The summed E-state index contributed by atoms with van der Waals surface area (Å²) < 4.78 is 5.15. The van der Waals surface area contributed by atoms with Gasteiger partial charge < -0.3 is 20.1 Å². The molecule has 7 heteroatoms. The number of hydrogen-bond donors (Lipinski definition) is 3. The normalized spacial score (nSPS) is 12.6. The Balaban J connectivity index is 2.98. The molecule has 0 bridgehead atoms. The first-order valence-electron chi connectivity index (χ1n) is 3.95. The van der Waals surface area contributed by atoms with Crippen molar-refractivity contribution in [2.45, 2.75) is 0 Å². The number of fused-ring (bicyclic) bond motifs is 1. The van der Waals surface area contributed by atoms with Gasteiger partial charge in [0.05, 0.1) is 0 Å². The fourth-order valence-corrected chi connectivity index (χ4v) is 1.35. The van der Waals surface area contributed by atoms with E-state index in [0.29, 0.717) is 26.5 Å². The third-order valence-corrected chi connectivity index (χ3v) is 2.02. The molecule has 0 atom stereocenters. The molecule has 3 N–H and O–H groups in total. The number of nitrogens with one attached hydrogen (secondary N) is 1. The quantitative estimate of drug-likeness (QED) is 0.566. The molecular formula is C7H10N4O3. The number of rotatable bonds is 1. The molecule has 0 saturated carbocycles. The molecule has 2 aromatic rings. The van der Waals surface area contributed by atoms with Gasteiger partial charge in [-0.05, 0) is 0 Å². The van der Waals surface area contributed by atoms with Crippen molar-refractivity contribution < 1.29 is 14.8 Å². The predicted octanol–water partition coefficient (Wildman–Crippen LogP) is 0.0826. The van der Waals surface area contributed by atoms with Crippen molar-refractivity contribution in [3.63, 3.8) is 0 Å². The summed E-state index contributed by atoms with van der Waals surface area (Å²) in [5.41, 5.74) is 1.39. The number of furan rings is 1. The van der Waals surface area contributed by atoms with Crippen molar-refractivity contribution in [3.8, 4) is 0 Å². The molecule has 2 heterocycles. The van der Waals surface area contributed by atoms with Crippen LogP contribution in [-0.4, -0.2) is 34.2 Å². The Labute approximate surface area is 78.4 Å². The summed E-state index contributed by atoms with van der Waals surface area (Å²) in [5.74, 6) is 0. The van der Waals surface area contributed by atoms with Crippen LogP contribution >= 0.6 is 0 Å². The second-order valence-corrected chi connectivity index (χ2v) is 2.70. The summed E-state index contributed by atoms with van der Waals surface area (Å²) >= 11 is 0. The highest BCUT2D eigenvalue weighted by Crippen LogP contribution is 2.22. The van der Waals surface area contributed by atoms with Gasteiger partial charge in [-0.1, -0.05) is 9.69 Å². The molecule has 7 nitrogen and oxygen atoms in total. The van der Waals surface area contributed by atoms with E-state index < -0.39 is 0 Å². The summed E-state index contributed by atoms with van der Waals surface area (Å²) in [4.78, 5) is 4.85. The highest BCUT2D eigenvalue weighted by molar-refractivity contribution is 5.86. The van der Waals surface area contributed by atoms with Crippen molar-refractivity contribution in [3.05, 3.63) is 11.8 Å². The summed E-state index contributed by atoms with van der Waals surface area (Å²) in [6.45, 7) is 0. The monoisotopic (exact) mass is 198 g/mol. The maximum atomic E-state index is 9.48. The maximum Gasteiger partial charge on any atom is 0.231 e.